The molecule has 1 aliphatic heterocycles. The van der Waals surface area contributed by atoms with Gasteiger partial charge in [0.25, 0.3) is 5.24 Å². The highest BCUT2D eigenvalue weighted by atomic mass is 32.2. The van der Waals surface area contributed by atoms with E-state index in [2.05, 4.69) is 15.5 Å². The van der Waals surface area contributed by atoms with Crippen LogP contribution in [0.25, 0.3) is 0 Å². The van der Waals surface area contributed by atoms with Crippen LogP contribution in [0.2, 0.25) is 0 Å². The molecule has 3 rings (SSSR count). The van der Waals surface area contributed by atoms with E-state index in [1.54, 1.807) is 4.90 Å². The van der Waals surface area contributed by atoms with Gasteiger partial charge in [-0.1, -0.05) is 35.5 Å². The lowest BCUT2D eigenvalue weighted by Gasteiger charge is -2.14. The predicted octanol–water partition coefficient (Wildman–Crippen LogP) is 5.22. The number of carbonyl (C=O) groups excluding carboxylic acids is 2. The molecule has 0 atom stereocenters. The number of hydrogen-bond donors (Lipinski definition) is 1. The second kappa shape index (κ2) is 8.81. The number of anilines is 1. The Hall–Kier alpha value is -2.67. The molecular weight excluding hydrogens is 360 g/mol. The van der Waals surface area contributed by atoms with Crippen molar-refractivity contribution in [1.29, 1.82) is 0 Å². The van der Waals surface area contributed by atoms with Crippen LogP contribution in [-0.2, 0) is 4.79 Å². The fraction of sp³-hybridized carbons (Fsp3) is 0.300. The summed E-state index contributed by atoms with van der Waals surface area (Å²) in [5.74, 6) is 0.650. The minimum absolute atomic E-state index is 0.0470. The molecule has 0 aliphatic carbocycles. The van der Waals surface area contributed by atoms with Crippen LogP contribution >= 0.6 is 11.8 Å². The molecule has 140 valence electrons. The van der Waals surface area contributed by atoms with Crippen molar-refractivity contribution in [2.45, 2.75) is 20.3 Å². The van der Waals surface area contributed by atoms with Crippen molar-refractivity contribution >= 4 is 40.0 Å². The third-order valence-electron chi connectivity index (χ3n) is 4.19. The summed E-state index contributed by atoms with van der Waals surface area (Å²) in [6.45, 7) is 5.12. The van der Waals surface area contributed by atoms with Gasteiger partial charge in [-0.2, -0.15) is 5.11 Å². The predicted molar refractivity (Wildman–Crippen MR) is 109 cm³/mol. The first-order valence-corrected chi connectivity index (χ1v) is 9.80. The molecule has 0 unspecified atom stereocenters. The quantitative estimate of drug-likeness (QED) is 0.696. The van der Waals surface area contributed by atoms with Gasteiger partial charge < -0.3 is 10.2 Å². The van der Waals surface area contributed by atoms with Gasteiger partial charge in [-0.3, -0.25) is 9.59 Å². The molecule has 0 aromatic heterocycles. The van der Waals surface area contributed by atoms with Crippen molar-refractivity contribution < 1.29 is 9.59 Å². The molecule has 7 heteroatoms. The van der Waals surface area contributed by atoms with Gasteiger partial charge in [-0.15, -0.1) is 5.11 Å². The van der Waals surface area contributed by atoms with Crippen LogP contribution in [0.15, 0.2) is 52.7 Å². The normalized spacial score (nSPS) is 14.1. The largest absolute Gasteiger partial charge is 0.332 e. The Morgan fingerprint density at radius 3 is 2.56 bits per heavy atom. The second-order valence-electron chi connectivity index (χ2n) is 6.46. The maximum absolute atomic E-state index is 12.3. The Balaban J connectivity index is 1.67. The number of hydrogen-bond acceptors (Lipinski definition) is 5. The monoisotopic (exact) mass is 382 g/mol. The summed E-state index contributed by atoms with van der Waals surface area (Å²) in [5.41, 5.74) is 4.17. The summed E-state index contributed by atoms with van der Waals surface area (Å²) in [5, 5.41) is 11.5. The molecule has 27 heavy (non-hydrogen) atoms. The summed E-state index contributed by atoms with van der Waals surface area (Å²) in [6, 6.07) is 13.4. The number of aryl methyl sites for hydroxylation is 2. The Kier molecular flexibility index (Phi) is 6.24. The van der Waals surface area contributed by atoms with Gasteiger partial charge in [0, 0.05) is 25.3 Å². The van der Waals surface area contributed by atoms with Crippen molar-refractivity contribution in [2.24, 2.45) is 10.2 Å². The SMILES string of the molecule is Cc1ccc(N=Nc2cc(C)ccc2NC(=O)CCN2CCSC2=O)cc1. The fourth-order valence-corrected chi connectivity index (χ4v) is 3.48. The van der Waals surface area contributed by atoms with E-state index in [4.69, 9.17) is 0 Å². The maximum Gasteiger partial charge on any atom is 0.281 e. The molecule has 2 aromatic carbocycles. The third kappa shape index (κ3) is 5.40. The zero-order valence-electron chi connectivity index (χ0n) is 15.4. The van der Waals surface area contributed by atoms with Crippen LogP contribution in [0, 0.1) is 13.8 Å². The lowest BCUT2D eigenvalue weighted by Crippen LogP contribution is -2.27. The first-order valence-electron chi connectivity index (χ1n) is 8.82. The summed E-state index contributed by atoms with van der Waals surface area (Å²) in [7, 11) is 0. The number of azo groups is 1. The standard InChI is InChI=1S/C20H22N4O2S/c1-14-3-6-16(7-4-14)22-23-18-13-15(2)5-8-17(18)21-19(25)9-10-24-11-12-27-20(24)26/h3-8,13H,9-12H2,1-2H3,(H,21,25). The zero-order valence-corrected chi connectivity index (χ0v) is 16.3. The third-order valence-corrected chi connectivity index (χ3v) is 5.08. The molecule has 1 saturated heterocycles. The van der Waals surface area contributed by atoms with Crippen LogP contribution < -0.4 is 5.32 Å². The van der Waals surface area contributed by atoms with Crippen molar-refractivity contribution in [3.8, 4) is 0 Å². The van der Waals surface area contributed by atoms with Crippen LogP contribution in [0.3, 0.4) is 0 Å². The molecule has 6 nitrogen and oxygen atoms in total. The highest BCUT2D eigenvalue weighted by Gasteiger charge is 2.21. The van der Waals surface area contributed by atoms with Crippen molar-refractivity contribution in [2.75, 3.05) is 24.2 Å². The van der Waals surface area contributed by atoms with Crippen molar-refractivity contribution in [1.82, 2.24) is 4.90 Å². The lowest BCUT2D eigenvalue weighted by molar-refractivity contribution is -0.116. The van der Waals surface area contributed by atoms with Crippen molar-refractivity contribution in [3.63, 3.8) is 0 Å². The molecule has 0 radical (unpaired) electrons. The van der Waals surface area contributed by atoms with Crippen LogP contribution in [0.5, 0.6) is 0 Å². The Morgan fingerprint density at radius 1 is 1.11 bits per heavy atom. The lowest BCUT2D eigenvalue weighted by atomic mass is 10.2. The number of nitrogens with zero attached hydrogens (tertiary/aromatic N) is 3. The smallest absolute Gasteiger partial charge is 0.281 e. The molecular formula is C20H22N4O2S. The Morgan fingerprint density at radius 2 is 1.85 bits per heavy atom. The van der Waals surface area contributed by atoms with Crippen LogP contribution in [-0.4, -0.2) is 34.9 Å². The van der Waals surface area contributed by atoms with Crippen LogP contribution in [0.4, 0.5) is 21.9 Å². The van der Waals surface area contributed by atoms with Gasteiger partial charge in [0.15, 0.2) is 0 Å². The molecule has 0 bridgehead atoms. The van der Waals surface area contributed by atoms with E-state index >= 15 is 0 Å². The van der Waals surface area contributed by atoms with Gasteiger partial charge in [-0.05, 0) is 43.7 Å². The number of benzene rings is 2. The number of thioether (sulfide) groups is 1. The second-order valence-corrected chi connectivity index (χ2v) is 7.50. The molecule has 1 aliphatic rings. The highest BCUT2D eigenvalue weighted by Crippen LogP contribution is 2.28. The number of carbonyl (C=O) groups is 2. The fourth-order valence-electron chi connectivity index (χ4n) is 2.63. The van der Waals surface area contributed by atoms with E-state index in [1.807, 2.05) is 56.3 Å². The first kappa shape index (κ1) is 19.1. The van der Waals surface area contributed by atoms with Gasteiger partial charge in [0.1, 0.15) is 5.69 Å². The van der Waals surface area contributed by atoms with E-state index in [0.29, 0.717) is 24.5 Å². The van der Waals surface area contributed by atoms with E-state index in [-0.39, 0.29) is 17.6 Å². The number of rotatable bonds is 6. The maximum atomic E-state index is 12.3. The van der Waals surface area contributed by atoms with E-state index in [0.717, 1.165) is 22.6 Å². The van der Waals surface area contributed by atoms with E-state index in [1.165, 1.54) is 11.8 Å². The van der Waals surface area contributed by atoms with Gasteiger partial charge in [0.05, 0.1) is 11.4 Å². The summed E-state index contributed by atoms with van der Waals surface area (Å²) >= 11 is 1.30. The minimum Gasteiger partial charge on any atom is -0.332 e. The highest BCUT2D eigenvalue weighted by molar-refractivity contribution is 8.13. The minimum atomic E-state index is -0.143. The molecule has 2 amide bonds. The molecule has 0 saturated carbocycles. The Labute approximate surface area is 163 Å². The van der Waals surface area contributed by atoms with Gasteiger partial charge in [0.2, 0.25) is 5.91 Å². The molecule has 1 N–H and O–H groups in total. The number of amides is 2. The molecule has 1 fully saturated rings. The average Bonchev–Trinajstić information content (AvgIpc) is 3.06. The summed E-state index contributed by atoms with van der Waals surface area (Å²) in [6.07, 6.45) is 0.259. The van der Waals surface area contributed by atoms with Gasteiger partial charge in [-0.25, -0.2) is 0 Å². The molecule has 2 aromatic rings. The molecule has 1 heterocycles. The Bertz CT molecular complexity index is 865. The summed E-state index contributed by atoms with van der Waals surface area (Å²) in [4.78, 5) is 25.6. The summed E-state index contributed by atoms with van der Waals surface area (Å²) < 4.78 is 0. The zero-order chi connectivity index (χ0) is 19.2. The van der Waals surface area contributed by atoms with E-state index < -0.39 is 0 Å². The first-order chi connectivity index (χ1) is 13.0. The van der Waals surface area contributed by atoms with Gasteiger partial charge >= 0.3 is 0 Å². The topological polar surface area (TPSA) is 74.1 Å². The molecule has 0 spiro atoms. The van der Waals surface area contributed by atoms with E-state index in [9.17, 15) is 9.59 Å². The number of nitrogens with one attached hydrogen (secondary N) is 1. The van der Waals surface area contributed by atoms with Crippen molar-refractivity contribution in [3.05, 3.63) is 53.6 Å². The van der Waals surface area contributed by atoms with Crippen LogP contribution in [0.1, 0.15) is 17.5 Å². The average molecular weight is 382 g/mol.